The van der Waals surface area contributed by atoms with Crippen molar-refractivity contribution in [2.45, 2.75) is 20.0 Å². The predicted octanol–water partition coefficient (Wildman–Crippen LogP) is 1.78. The Morgan fingerprint density at radius 2 is 1.95 bits per heavy atom. The summed E-state index contributed by atoms with van der Waals surface area (Å²) in [6.07, 6.45) is 3.63. The van der Waals surface area contributed by atoms with Crippen LogP contribution in [0.5, 0.6) is 0 Å². The average molecular weight is 255 g/mol. The zero-order chi connectivity index (χ0) is 13.7. The standard InChI is InChI=1S/C15H17N3O/c1-11-6-7-17-9-13(11)10-18-8-12-4-2-3-5-14(12)15(16)19/h2-7,9,18H,8,10H2,1H3,(H2,16,19). The van der Waals surface area contributed by atoms with E-state index in [0.717, 1.165) is 11.1 Å². The molecule has 0 radical (unpaired) electrons. The van der Waals surface area contributed by atoms with E-state index in [1.54, 1.807) is 12.3 Å². The molecule has 0 spiro atoms. The van der Waals surface area contributed by atoms with Gasteiger partial charge in [-0.15, -0.1) is 0 Å². The summed E-state index contributed by atoms with van der Waals surface area (Å²) in [7, 11) is 0. The van der Waals surface area contributed by atoms with Gasteiger partial charge in [-0.25, -0.2) is 0 Å². The summed E-state index contributed by atoms with van der Waals surface area (Å²) in [5, 5.41) is 3.31. The first-order valence-corrected chi connectivity index (χ1v) is 6.16. The molecule has 0 aliphatic rings. The normalized spacial score (nSPS) is 10.4. The number of primary amides is 1. The quantitative estimate of drug-likeness (QED) is 0.855. The summed E-state index contributed by atoms with van der Waals surface area (Å²) >= 11 is 0. The molecule has 2 rings (SSSR count). The van der Waals surface area contributed by atoms with Crippen molar-refractivity contribution < 1.29 is 4.79 Å². The Labute approximate surface area is 112 Å². The third-order valence-corrected chi connectivity index (χ3v) is 3.06. The second kappa shape index (κ2) is 6.11. The molecule has 1 heterocycles. The molecule has 1 amide bonds. The van der Waals surface area contributed by atoms with Gasteiger partial charge in [0.2, 0.25) is 5.91 Å². The smallest absolute Gasteiger partial charge is 0.249 e. The van der Waals surface area contributed by atoms with E-state index in [1.165, 1.54) is 5.56 Å². The van der Waals surface area contributed by atoms with Crippen LogP contribution in [0.25, 0.3) is 0 Å². The number of pyridine rings is 1. The van der Waals surface area contributed by atoms with E-state index in [1.807, 2.05) is 30.5 Å². The van der Waals surface area contributed by atoms with Gasteiger partial charge in [0.1, 0.15) is 0 Å². The maximum Gasteiger partial charge on any atom is 0.249 e. The molecule has 0 atom stereocenters. The van der Waals surface area contributed by atoms with Crippen LogP contribution in [0.3, 0.4) is 0 Å². The van der Waals surface area contributed by atoms with E-state index in [4.69, 9.17) is 5.73 Å². The van der Waals surface area contributed by atoms with E-state index in [2.05, 4.69) is 17.2 Å². The number of hydrogen-bond acceptors (Lipinski definition) is 3. The van der Waals surface area contributed by atoms with Gasteiger partial charge in [-0.3, -0.25) is 9.78 Å². The molecule has 0 fully saturated rings. The number of amides is 1. The molecule has 1 aromatic carbocycles. The van der Waals surface area contributed by atoms with E-state index < -0.39 is 5.91 Å². The highest BCUT2D eigenvalue weighted by molar-refractivity contribution is 5.94. The summed E-state index contributed by atoms with van der Waals surface area (Å²) in [4.78, 5) is 15.4. The van der Waals surface area contributed by atoms with E-state index in [9.17, 15) is 4.79 Å². The van der Waals surface area contributed by atoms with Gasteiger partial charge in [0.15, 0.2) is 0 Å². The lowest BCUT2D eigenvalue weighted by atomic mass is 10.1. The van der Waals surface area contributed by atoms with Gasteiger partial charge in [-0.1, -0.05) is 18.2 Å². The van der Waals surface area contributed by atoms with E-state index in [-0.39, 0.29) is 0 Å². The summed E-state index contributed by atoms with van der Waals surface area (Å²) in [6, 6.07) is 9.35. The van der Waals surface area contributed by atoms with Crippen molar-refractivity contribution in [1.29, 1.82) is 0 Å². The van der Waals surface area contributed by atoms with Crippen molar-refractivity contribution in [1.82, 2.24) is 10.3 Å². The third kappa shape index (κ3) is 3.39. The highest BCUT2D eigenvalue weighted by Crippen LogP contribution is 2.09. The molecule has 0 aliphatic heterocycles. The third-order valence-electron chi connectivity index (χ3n) is 3.06. The monoisotopic (exact) mass is 255 g/mol. The van der Waals surface area contributed by atoms with Gasteiger partial charge in [0, 0.05) is 31.0 Å². The van der Waals surface area contributed by atoms with Gasteiger partial charge in [0.05, 0.1) is 0 Å². The van der Waals surface area contributed by atoms with Gasteiger partial charge >= 0.3 is 0 Å². The highest BCUT2D eigenvalue weighted by atomic mass is 16.1. The molecule has 1 aromatic heterocycles. The molecule has 0 saturated heterocycles. The van der Waals surface area contributed by atoms with Crippen LogP contribution in [0.15, 0.2) is 42.7 Å². The van der Waals surface area contributed by atoms with Crippen LogP contribution in [0.1, 0.15) is 27.0 Å². The molecular weight excluding hydrogens is 238 g/mol. The van der Waals surface area contributed by atoms with Crippen LogP contribution >= 0.6 is 0 Å². The van der Waals surface area contributed by atoms with Crippen LogP contribution in [0.4, 0.5) is 0 Å². The first kappa shape index (κ1) is 13.2. The molecular formula is C15H17N3O. The number of aryl methyl sites for hydroxylation is 1. The Kier molecular flexibility index (Phi) is 4.26. The van der Waals surface area contributed by atoms with Crippen molar-refractivity contribution in [3.8, 4) is 0 Å². The van der Waals surface area contributed by atoms with E-state index >= 15 is 0 Å². The fourth-order valence-corrected chi connectivity index (χ4v) is 1.93. The summed E-state index contributed by atoms with van der Waals surface area (Å²) in [5.41, 5.74) is 9.18. The number of aromatic nitrogens is 1. The lowest BCUT2D eigenvalue weighted by molar-refractivity contribution is 0.0999. The molecule has 0 saturated carbocycles. The van der Waals surface area contributed by atoms with Crippen LogP contribution in [-0.2, 0) is 13.1 Å². The summed E-state index contributed by atoms with van der Waals surface area (Å²) in [5.74, 6) is -0.394. The number of nitrogens with zero attached hydrogens (tertiary/aromatic N) is 1. The lowest BCUT2D eigenvalue weighted by Crippen LogP contribution is -2.19. The molecule has 4 nitrogen and oxygen atoms in total. The molecule has 98 valence electrons. The highest BCUT2D eigenvalue weighted by Gasteiger charge is 2.06. The molecule has 0 bridgehead atoms. The minimum absolute atomic E-state index is 0.394. The number of nitrogens with one attached hydrogen (secondary N) is 1. The molecule has 4 heteroatoms. The SMILES string of the molecule is Cc1ccncc1CNCc1ccccc1C(N)=O. The van der Waals surface area contributed by atoms with Crippen molar-refractivity contribution in [2.24, 2.45) is 5.73 Å². The second-order valence-corrected chi connectivity index (χ2v) is 4.43. The minimum Gasteiger partial charge on any atom is -0.366 e. The molecule has 2 aromatic rings. The van der Waals surface area contributed by atoms with Crippen molar-refractivity contribution in [3.63, 3.8) is 0 Å². The van der Waals surface area contributed by atoms with Gasteiger partial charge in [0.25, 0.3) is 0 Å². The number of rotatable bonds is 5. The molecule has 0 aliphatic carbocycles. The van der Waals surface area contributed by atoms with Crippen LogP contribution in [-0.4, -0.2) is 10.9 Å². The Morgan fingerprint density at radius 3 is 2.68 bits per heavy atom. The van der Waals surface area contributed by atoms with Crippen molar-refractivity contribution in [3.05, 3.63) is 65.0 Å². The predicted molar refractivity (Wildman–Crippen MR) is 74.5 cm³/mol. The zero-order valence-electron chi connectivity index (χ0n) is 10.9. The minimum atomic E-state index is -0.394. The van der Waals surface area contributed by atoms with E-state index in [0.29, 0.717) is 18.7 Å². The Balaban J connectivity index is 2.00. The number of benzene rings is 1. The Bertz CT molecular complexity index is 581. The summed E-state index contributed by atoms with van der Waals surface area (Å²) in [6.45, 7) is 3.37. The lowest BCUT2D eigenvalue weighted by Gasteiger charge is -2.09. The van der Waals surface area contributed by atoms with Crippen LogP contribution in [0, 0.1) is 6.92 Å². The molecule has 0 unspecified atom stereocenters. The van der Waals surface area contributed by atoms with Crippen LogP contribution in [0.2, 0.25) is 0 Å². The number of hydrogen-bond donors (Lipinski definition) is 2. The number of nitrogens with two attached hydrogens (primary N) is 1. The maximum absolute atomic E-state index is 11.3. The topological polar surface area (TPSA) is 68.0 Å². The van der Waals surface area contributed by atoms with Crippen molar-refractivity contribution >= 4 is 5.91 Å². The maximum atomic E-state index is 11.3. The number of carbonyl (C=O) groups excluding carboxylic acids is 1. The fraction of sp³-hybridized carbons (Fsp3) is 0.200. The van der Waals surface area contributed by atoms with Gasteiger partial charge in [-0.2, -0.15) is 0 Å². The first-order chi connectivity index (χ1) is 9.18. The molecule has 19 heavy (non-hydrogen) atoms. The Hall–Kier alpha value is -2.20. The van der Waals surface area contributed by atoms with Gasteiger partial charge in [-0.05, 0) is 35.7 Å². The average Bonchev–Trinajstić information content (AvgIpc) is 2.41. The van der Waals surface area contributed by atoms with Crippen molar-refractivity contribution in [2.75, 3.05) is 0 Å². The molecule has 3 N–H and O–H groups in total. The van der Waals surface area contributed by atoms with Crippen LogP contribution < -0.4 is 11.1 Å². The fourth-order valence-electron chi connectivity index (χ4n) is 1.93. The second-order valence-electron chi connectivity index (χ2n) is 4.43. The number of carbonyl (C=O) groups is 1. The first-order valence-electron chi connectivity index (χ1n) is 6.16. The largest absolute Gasteiger partial charge is 0.366 e. The summed E-state index contributed by atoms with van der Waals surface area (Å²) < 4.78 is 0. The Morgan fingerprint density at radius 1 is 1.21 bits per heavy atom. The zero-order valence-corrected chi connectivity index (χ0v) is 10.9. The van der Waals surface area contributed by atoms with Gasteiger partial charge < -0.3 is 11.1 Å².